The quantitative estimate of drug-likeness (QED) is 0.844. The van der Waals surface area contributed by atoms with Crippen molar-refractivity contribution in [2.75, 3.05) is 6.54 Å². The Balaban J connectivity index is 1.66. The second-order valence-electron chi connectivity index (χ2n) is 7.09. The Kier molecular flexibility index (Phi) is 3.90. The molecule has 0 bridgehead atoms. The van der Waals surface area contributed by atoms with Crippen LogP contribution in [-0.2, 0) is 24.2 Å². The molecule has 0 N–H and O–H groups in total. The lowest BCUT2D eigenvalue weighted by atomic mass is 9.97. The minimum atomic E-state index is -0.0915. The number of aryl methyl sites for hydroxylation is 2. The Hall–Kier alpha value is -2.11. The van der Waals surface area contributed by atoms with E-state index in [1.54, 1.807) is 15.3 Å². The Bertz CT molecular complexity index is 835. The number of amides is 1. The van der Waals surface area contributed by atoms with Gasteiger partial charge in [0.05, 0.1) is 5.69 Å². The topological polar surface area (TPSA) is 59.6 Å². The number of hydrogen-bond acceptors (Lipinski definition) is 3. The molecule has 1 aliphatic carbocycles. The molecule has 0 aromatic carbocycles. The minimum absolute atomic E-state index is 0.0435. The molecule has 3 heterocycles. The number of likely N-dealkylation sites (tertiary alicyclic amines) is 1. The first-order valence-corrected chi connectivity index (χ1v) is 9.04. The van der Waals surface area contributed by atoms with Gasteiger partial charge < -0.3 is 9.47 Å². The number of carbonyl (C=O) groups excluding carboxylic acids is 1. The summed E-state index contributed by atoms with van der Waals surface area (Å²) in [6.45, 7) is 3.02. The zero-order valence-electron chi connectivity index (χ0n) is 14.2. The third-order valence-electron chi connectivity index (χ3n) is 5.46. The molecule has 2 aliphatic rings. The summed E-state index contributed by atoms with van der Waals surface area (Å²) in [7, 11) is 0. The maximum absolute atomic E-state index is 12.9. The van der Waals surface area contributed by atoms with Crippen molar-refractivity contribution < 1.29 is 4.79 Å². The third-order valence-corrected chi connectivity index (χ3v) is 5.46. The number of hydrogen-bond donors (Lipinski definition) is 0. The predicted octanol–water partition coefficient (Wildman–Crippen LogP) is 1.78. The van der Waals surface area contributed by atoms with Crippen molar-refractivity contribution in [2.45, 2.75) is 64.5 Å². The molecule has 0 radical (unpaired) electrons. The Labute approximate surface area is 141 Å². The van der Waals surface area contributed by atoms with E-state index in [0.717, 1.165) is 56.3 Å². The highest BCUT2D eigenvalue weighted by atomic mass is 16.2. The van der Waals surface area contributed by atoms with Gasteiger partial charge in [-0.2, -0.15) is 5.10 Å². The molecular formula is C18H24N4O2. The van der Waals surface area contributed by atoms with Crippen LogP contribution < -0.4 is 5.56 Å². The average Bonchev–Trinajstić information content (AvgIpc) is 2.97. The smallest absolute Gasteiger partial charge is 0.277 e. The van der Waals surface area contributed by atoms with Crippen molar-refractivity contribution >= 4 is 11.4 Å². The summed E-state index contributed by atoms with van der Waals surface area (Å²) < 4.78 is 3.25. The van der Waals surface area contributed by atoms with E-state index in [4.69, 9.17) is 0 Å². The van der Waals surface area contributed by atoms with Gasteiger partial charge in [-0.1, -0.05) is 0 Å². The molecule has 1 saturated heterocycles. The molecule has 1 amide bonds. The van der Waals surface area contributed by atoms with E-state index in [-0.39, 0.29) is 24.1 Å². The van der Waals surface area contributed by atoms with E-state index in [9.17, 15) is 9.59 Å². The van der Waals surface area contributed by atoms with E-state index in [2.05, 4.69) is 12.0 Å². The molecule has 1 unspecified atom stereocenters. The Morgan fingerprint density at radius 1 is 1.21 bits per heavy atom. The SMILES string of the molecule is CC1CCCCN1C(=O)Cn1ccn2nc3c(c2c1=O)CCCC3. The average molecular weight is 328 g/mol. The van der Waals surface area contributed by atoms with Crippen LogP contribution in [-0.4, -0.2) is 37.6 Å². The van der Waals surface area contributed by atoms with E-state index in [0.29, 0.717) is 5.52 Å². The van der Waals surface area contributed by atoms with Gasteiger partial charge in [-0.15, -0.1) is 0 Å². The molecule has 1 aliphatic heterocycles. The lowest BCUT2D eigenvalue weighted by Gasteiger charge is -2.33. The predicted molar refractivity (Wildman–Crippen MR) is 91.1 cm³/mol. The van der Waals surface area contributed by atoms with Crippen molar-refractivity contribution in [2.24, 2.45) is 0 Å². The molecule has 4 rings (SSSR count). The third kappa shape index (κ3) is 2.54. The van der Waals surface area contributed by atoms with Gasteiger partial charge in [0.2, 0.25) is 5.91 Å². The van der Waals surface area contributed by atoms with Gasteiger partial charge >= 0.3 is 0 Å². The van der Waals surface area contributed by atoms with Gasteiger partial charge in [-0.3, -0.25) is 9.59 Å². The number of piperidine rings is 1. The Morgan fingerprint density at radius 2 is 2.04 bits per heavy atom. The standard InChI is InChI=1S/C18H24N4O2/c1-13-6-4-5-9-21(13)16(23)12-20-10-11-22-17(18(20)24)14-7-2-3-8-15(14)19-22/h10-11,13H,2-9,12H2,1H3. The second kappa shape index (κ2) is 6.07. The number of aromatic nitrogens is 3. The van der Waals surface area contributed by atoms with Gasteiger partial charge in [0.15, 0.2) is 0 Å². The largest absolute Gasteiger partial charge is 0.338 e. The van der Waals surface area contributed by atoms with Crippen LogP contribution in [0.2, 0.25) is 0 Å². The lowest BCUT2D eigenvalue weighted by Crippen LogP contribution is -2.44. The molecule has 0 spiro atoms. The molecule has 24 heavy (non-hydrogen) atoms. The van der Waals surface area contributed by atoms with Crippen molar-refractivity contribution in [3.63, 3.8) is 0 Å². The molecular weight excluding hydrogens is 304 g/mol. The minimum Gasteiger partial charge on any atom is -0.338 e. The summed E-state index contributed by atoms with van der Waals surface area (Å²) >= 11 is 0. The first-order chi connectivity index (χ1) is 11.6. The van der Waals surface area contributed by atoms with Gasteiger partial charge in [0.25, 0.3) is 5.56 Å². The molecule has 1 fully saturated rings. The van der Waals surface area contributed by atoms with E-state index < -0.39 is 0 Å². The van der Waals surface area contributed by atoms with Crippen LogP contribution in [0.5, 0.6) is 0 Å². The highest BCUT2D eigenvalue weighted by molar-refractivity contribution is 5.76. The fourth-order valence-electron chi connectivity index (χ4n) is 4.09. The van der Waals surface area contributed by atoms with Gasteiger partial charge in [-0.25, -0.2) is 4.52 Å². The molecule has 2 aromatic heterocycles. The molecule has 128 valence electrons. The molecule has 0 saturated carbocycles. The van der Waals surface area contributed by atoms with Gasteiger partial charge in [0.1, 0.15) is 12.1 Å². The molecule has 6 heteroatoms. The molecule has 1 atom stereocenters. The number of fused-ring (bicyclic) bond motifs is 3. The van der Waals surface area contributed by atoms with Crippen LogP contribution in [0.15, 0.2) is 17.2 Å². The first-order valence-electron chi connectivity index (χ1n) is 9.04. The normalized spacial score (nSPS) is 21.0. The molecule has 2 aromatic rings. The van der Waals surface area contributed by atoms with Crippen molar-refractivity contribution in [3.05, 3.63) is 34.0 Å². The fraction of sp³-hybridized carbons (Fsp3) is 0.611. The maximum Gasteiger partial charge on any atom is 0.277 e. The summed E-state index contributed by atoms with van der Waals surface area (Å²) in [6, 6.07) is 0.272. The second-order valence-corrected chi connectivity index (χ2v) is 7.09. The van der Waals surface area contributed by atoms with E-state index in [1.165, 1.54) is 6.42 Å². The highest BCUT2D eigenvalue weighted by Gasteiger charge is 2.24. The number of carbonyl (C=O) groups is 1. The summed E-state index contributed by atoms with van der Waals surface area (Å²) in [6.07, 6.45) is 10.9. The molecule has 6 nitrogen and oxygen atoms in total. The van der Waals surface area contributed by atoms with Crippen LogP contribution in [0, 0.1) is 0 Å². The van der Waals surface area contributed by atoms with E-state index in [1.807, 2.05) is 11.1 Å². The summed E-state index contributed by atoms with van der Waals surface area (Å²) in [5, 5.41) is 4.54. The van der Waals surface area contributed by atoms with Crippen molar-refractivity contribution in [1.82, 2.24) is 19.1 Å². The number of rotatable bonds is 2. The van der Waals surface area contributed by atoms with Gasteiger partial charge in [0, 0.05) is 30.5 Å². The lowest BCUT2D eigenvalue weighted by molar-refractivity contribution is -0.135. The summed E-state index contributed by atoms with van der Waals surface area (Å²) in [4.78, 5) is 27.5. The maximum atomic E-state index is 12.9. The highest BCUT2D eigenvalue weighted by Crippen LogP contribution is 2.22. The van der Waals surface area contributed by atoms with Crippen LogP contribution >= 0.6 is 0 Å². The fourth-order valence-corrected chi connectivity index (χ4v) is 4.09. The van der Waals surface area contributed by atoms with Crippen molar-refractivity contribution in [1.29, 1.82) is 0 Å². The zero-order chi connectivity index (χ0) is 16.7. The van der Waals surface area contributed by atoms with Gasteiger partial charge in [-0.05, 0) is 51.9 Å². The van der Waals surface area contributed by atoms with Crippen LogP contribution in [0.3, 0.4) is 0 Å². The summed E-state index contributed by atoms with van der Waals surface area (Å²) in [5.41, 5.74) is 2.70. The van der Waals surface area contributed by atoms with Crippen molar-refractivity contribution in [3.8, 4) is 0 Å². The zero-order valence-corrected chi connectivity index (χ0v) is 14.2. The summed E-state index contributed by atoms with van der Waals surface area (Å²) in [5.74, 6) is 0.0435. The first kappa shape index (κ1) is 15.4. The Morgan fingerprint density at radius 3 is 2.88 bits per heavy atom. The number of nitrogens with zero attached hydrogens (tertiary/aromatic N) is 4. The van der Waals surface area contributed by atoms with Crippen LogP contribution in [0.1, 0.15) is 50.3 Å². The van der Waals surface area contributed by atoms with Crippen LogP contribution in [0.25, 0.3) is 5.52 Å². The monoisotopic (exact) mass is 328 g/mol. The van der Waals surface area contributed by atoms with Crippen LogP contribution in [0.4, 0.5) is 0 Å². The van der Waals surface area contributed by atoms with E-state index >= 15 is 0 Å².